The molecule has 3 heteroatoms. The molecule has 0 fully saturated rings. The van der Waals surface area contributed by atoms with E-state index < -0.39 is 0 Å². The summed E-state index contributed by atoms with van der Waals surface area (Å²) >= 11 is 0. The quantitative estimate of drug-likeness (QED) is 0.911. The second-order valence-corrected chi connectivity index (χ2v) is 5.31. The molecular formula is C17H20N2O. The molecule has 104 valence electrons. The summed E-state index contributed by atoms with van der Waals surface area (Å²) in [7, 11) is 0. The largest absolute Gasteiger partial charge is 0.320 e. The van der Waals surface area contributed by atoms with Crippen molar-refractivity contribution in [2.24, 2.45) is 0 Å². The zero-order chi connectivity index (χ0) is 14.7. The summed E-state index contributed by atoms with van der Waals surface area (Å²) in [5, 5.41) is 3.00. The van der Waals surface area contributed by atoms with Crippen molar-refractivity contribution in [3.05, 3.63) is 58.9 Å². The van der Waals surface area contributed by atoms with E-state index in [1.54, 1.807) is 6.07 Å². The number of amides is 1. The van der Waals surface area contributed by atoms with Crippen molar-refractivity contribution in [1.29, 1.82) is 0 Å². The van der Waals surface area contributed by atoms with E-state index in [1.165, 1.54) is 0 Å². The molecule has 0 saturated heterocycles. The van der Waals surface area contributed by atoms with Gasteiger partial charge in [0, 0.05) is 11.4 Å². The molecule has 1 aromatic heterocycles. The highest BCUT2D eigenvalue weighted by atomic mass is 16.1. The molecule has 1 heterocycles. The molecule has 0 radical (unpaired) electrons. The van der Waals surface area contributed by atoms with Gasteiger partial charge in [0.25, 0.3) is 5.91 Å². The van der Waals surface area contributed by atoms with Crippen LogP contribution in [0.15, 0.2) is 36.4 Å². The van der Waals surface area contributed by atoms with Crippen LogP contribution in [0, 0.1) is 13.8 Å². The molecule has 0 unspecified atom stereocenters. The first-order valence-corrected chi connectivity index (χ1v) is 6.83. The highest BCUT2D eigenvalue weighted by Gasteiger charge is 2.14. The van der Waals surface area contributed by atoms with Crippen LogP contribution in [0.4, 0.5) is 5.69 Å². The number of rotatable bonds is 3. The molecule has 20 heavy (non-hydrogen) atoms. The molecule has 0 aliphatic rings. The van der Waals surface area contributed by atoms with Crippen LogP contribution < -0.4 is 5.32 Å². The Labute approximate surface area is 120 Å². The highest BCUT2D eigenvalue weighted by molar-refractivity contribution is 6.03. The fourth-order valence-electron chi connectivity index (χ4n) is 2.19. The van der Waals surface area contributed by atoms with E-state index in [0.717, 1.165) is 22.5 Å². The van der Waals surface area contributed by atoms with E-state index in [1.807, 2.05) is 38.1 Å². The summed E-state index contributed by atoms with van der Waals surface area (Å²) in [5.74, 6) is 0.195. The fraction of sp³-hybridized carbons (Fsp3) is 0.294. The average Bonchev–Trinajstić information content (AvgIpc) is 2.40. The predicted molar refractivity (Wildman–Crippen MR) is 82.2 cm³/mol. The van der Waals surface area contributed by atoms with Gasteiger partial charge in [0.1, 0.15) is 5.69 Å². The van der Waals surface area contributed by atoms with E-state index in [9.17, 15) is 4.79 Å². The lowest BCUT2D eigenvalue weighted by atomic mass is 9.98. The van der Waals surface area contributed by atoms with E-state index >= 15 is 0 Å². The van der Waals surface area contributed by atoms with Gasteiger partial charge < -0.3 is 5.32 Å². The average molecular weight is 268 g/mol. The number of para-hydroxylation sites is 1. The Balaban J connectivity index is 2.33. The van der Waals surface area contributed by atoms with Crippen LogP contribution in [0.1, 0.15) is 47.1 Å². The molecule has 1 N–H and O–H groups in total. The minimum absolute atomic E-state index is 0.162. The summed E-state index contributed by atoms with van der Waals surface area (Å²) < 4.78 is 0. The van der Waals surface area contributed by atoms with Crippen molar-refractivity contribution in [2.75, 3.05) is 5.32 Å². The van der Waals surface area contributed by atoms with Crippen molar-refractivity contribution in [1.82, 2.24) is 4.98 Å². The maximum Gasteiger partial charge on any atom is 0.274 e. The van der Waals surface area contributed by atoms with Crippen LogP contribution in [-0.2, 0) is 0 Å². The van der Waals surface area contributed by atoms with E-state index in [2.05, 4.69) is 30.2 Å². The first-order chi connectivity index (χ1) is 9.49. The Kier molecular flexibility index (Phi) is 4.18. The molecule has 3 nitrogen and oxygen atoms in total. The van der Waals surface area contributed by atoms with E-state index in [4.69, 9.17) is 0 Å². The van der Waals surface area contributed by atoms with Gasteiger partial charge in [-0.15, -0.1) is 0 Å². The molecule has 0 bridgehead atoms. The summed E-state index contributed by atoms with van der Waals surface area (Å²) in [5.41, 5.74) is 4.40. The highest BCUT2D eigenvalue weighted by Crippen LogP contribution is 2.27. The molecule has 0 spiro atoms. The third-order valence-electron chi connectivity index (χ3n) is 3.29. The van der Waals surface area contributed by atoms with Gasteiger partial charge in [0.05, 0.1) is 0 Å². The van der Waals surface area contributed by atoms with Gasteiger partial charge in [-0.25, -0.2) is 4.98 Å². The molecule has 1 amide bonds. The number of carbonyl (C=O) groups is 1. The van der Waals surface area contributed by atoms with Crippen molar-refractivity contribution < 1.29 is 4.79 Å². The molecule has 0 aliphatic carbocycles. The number of anilines is 1. The van der Waals surface area contributed by atoms with Crippen LogP contribution in [-0.4, -0.2) is 10.9 Å². The normalized spacial score (nSPS) is 10.7. The molecule has 0 saturated carbocycles. The van der Waals surface area contributed by atoms with Crippen LogP contribution in [0.25, 0.3) is 0 Å². The number of carbonyl (C=O) groups excluding carboxylic acids is 1. The van der Waals surface area contributed by atoms with Crippen molar-refractivity contribution in [3.63, 3.8) is 0 Å². The minimum Gasteiger partial charge on any atom is -0.320 e. The Hall–Kier alpha value is -2.16. The number of nitrogens with one attached hydrogen (secondary N) is 1. The number of aromatic nitrogens is 1. The second kappa shape index (κ2) is 5.87. The lowest BCUT2D eigenvalue weighted by Crippen LogP contribution is -2.16. The second-order valence-electron chi connectivity index (χ2n) is 5.31. The zero-order valence-corrected chi connectivity index (χ0v) is 12.4. The van der Waals surface area contributed by atoms with Crippen LogP contribution in [0.5, 0.6) is 0 Å². The zero-order valence-electron chi connectivity index (χ0n) is 12.4. The van der Waals surface area contributed by atoms with Gasteiger partial charge in [0.2, 0.25) is 0 Å². The van der Waals surface area contributed by atoms with Gasteiger partial charge in [-0.2, -0.15) is 0 Å². The first kappa shape index (κ1) is 14.3. The van der Waals surface area contributed by atoms with Crippen LogP contribution >= 0.6 is 0 Å². The third kappa shape index (κ3) is 3.05. The van der Waals surface area contributed by atoms with E-state index in [0.29, 0.717) is 11.6 Å². The third-order valence-corrected chi connectivity index (χ3v) is 3.29. The molecule has 2 aromatic rings. The van der Waals surface area contributed by atoms with Crippen LogP contribution in [0.3, 0.4) is 0 Å². The maximum absolute atomic E-state index is 12.3. The van der Waals surface area contributed by atoms with Gasteiger partial charge in [0.15, 0.2) is 0 Å². The molecule has 1 aromatic carbocycles. The summed E-state index contributed by atoms with van der Waals surface area (Å²) in [6.07, 6.45) is 0. The number of pyridine rings is 1. The molecule has 0 aliphatic heterocycles. The SMILES string of the molecule is Cc1cccc(C(=O)Nc2c(C)cccc2C(C)C)n1. The Morgan fingerprint density at radius 3 is 2.45 bits per heavy atom. The summed E-state index contributed by atoms with van der Waals surface area (Å²) in [4.78, 5) is 16.6. The Morgan fingerprint density at radius 2 is 1.80 bits per heavy atom. The number of nitrogens with zero attached hydrogens (tertiary/aromatic N) is 1. The van der Waals surface area contributed by atoms with Gasteiger partial charge in [-0.05, 0) is 43.0 Å². The van der Waals surface area contributed by atoms with Crippen molar-refractivity contribution in [3.8, 4) is 0 Å². The van der Waals surface area contributed by atoms with Gasteiger partial charge in [-0.3, -0.25) is 4.79 Å². The monoisotopic (exact) mass is 268 g/mol. The minimum atomic E-state index is -0.162. The maximum atomic E-state index is 12.3. The van der Waals surface area contributed by atoms with Crippen molar-refractivity contribution >= 4 is 11.6 Å². The topological polar surface area (TPSA) is 42.0 Å². The number of aryl methyl sites for hydroxylation is 2. The van der Waals surface area contributed by atoms with Gasteiger partial charge >= 0.3 is 0 Å². The first-order valence-electron chi connectivity index (χ1n) is 6.83. The standard InChI is InChI=1S/C17H20N2O/c1-11(2)14-9-5-7-12(3)16(14)19-17(20)15-10-6-8-13(4)18-15/h5-11H,1-4H3,(H,19,20). The molecule has 0 atom stereocenters. The summed E-state index contributed by atoms with van der Waals surface area (Å²) in [6, 6.07) is 11.5. The van der Waals surface area contributed by atoms with Crippen LogP contribution in [0.2, 0.25) is 0 Å². The lowest BCUT2D eigenvalue weighted by Gasteiger charge is -2.16. The number of benzene rings is 1. The number of hydrogen-bond donors (Lipinski definition) is 1. The number of hydrogen-bond acceptors (Lipinski definition) is 2. The predicted octanol–water partition coefficient (Wildman–Crippen LogP) is 4.07. The summed E-state index contributed by atoms with van der Waals surface area (Å²) in [6.45, 7) is 8.12. The lowest BCUT2D eigenvalue weighted by molar-refractivity contribution is 0.102. The van der Waals surface area contributed by atoms with Crippen molar-refractivity contribution in [2.45, 2.75) is 33.6 Å². The molecular weight excluding hydrogens is 248 g/mol. The fourth-order valence-corrected chi connectivity index (χ4v) is 2.19. The smallest absolute Gasteiger partial charge is 0.274 e. The Bertz CT molecular complexity index is 633. The van der Waals surface area contributed by atoms with E-state index in [-0.39, 0.29) is 5.91 Å². The van der Waals surface area contributed by atoms with Gasteiger partial charge in [-0.1, -0.05) is 38.1 Å². The molecule has 2 rings (SSSR count). The Morgan fingerprint density at radius 1 is 1.10 bits per heavy atom.